The molecule has 0 radical (unpaired) electrons. The van der Waals surface area contributed by atoms with Gasteiger partial charge < -0.3 is 15.0 Å². The number of halogens is 4. The van der Waals surface area contributed by atoms with Gasteiger partial charge in [0.05, 0.1) is 30.1 Å². The highest BCUT2D eigenvalue weighted by atomic mass is 19.4. The summed E-state index contributed by atoms with van der Waals surface area (Å²) in [6.07, 6.45) is -3.20. The maximum atomic E-state index is 14.3. The fourth-order valence-electron chi connectivity index (χ4n) is 5.15. The average molecular weight is 580 g/mol. The molecule has 1 aromatic carbocycles. The largest absolute Gasteiger partial charge is 0.481 e. The standard InChI is InChI=1S/C27H29F4N5O5/c1-15(2)21(33-22(37)18-13-16(27(29,30)31)5-7-19(18)28)23(38)35-11-9-26(10-12-35)24(39)34(3)25(40)36(26)17-6-8-20(41-4)32-14-17/h5-8,13-15,21H,9-12H2,1-4H3,(H,33,37)/t21-/m1/s1. The highest BCUT2D eigenvalue weighted by Gasteiger charge is 2.58. The Kier molecular flexibility index (Phi) is 7.96. The number of hydrogen-bond donors (Lipinski definition) is 1. The molecule has 10 nitrogen and oxygen atoms in total. The number of methoxy groups -OCH3 is 1. The predicted octanol–water partition coefficient (Wildman–Crippen LogP) is 3.46. The summed E-state index contributed by atoms with van der Waals surface area (Å²) < 4.78 is 58.7. The Bertz CT molecular complexity index is 1360. The number of piperidine rings is 1. The second-order valence-electron chi connectivity index (χ2n) is 10.3. The Hall–Kier alpha value is -4.23. The molecule has 0 bridgehead atoms. The van der Waals surface area contributed by atoms with Gasteiger partial charge in [0.1, 0.15) is 17.4 Å². The lowest BCUT2D eigenvalue weighted by molar-refractivity contribution is -0.139. The van der Waals surface area contributed by atoms with Crippen molar-refractivity contribution in [1.82, 2.24) is 20.1 Å². The molecule has 0 unspecified atom stereocenters. The van der Waals surface area contributed by atoms with E-state index < -0.39 is 64.4 Å². The van der Waals surface area contributed by atoms with Crippen molar-refractivity contribution < 1.29 is 41.5 Å². The van der Waals surface area contributed by atoms with Crippen LogP contribution in [0.15, 0.2) is 36.5 Å². The number of likely N-dealkylation sites (tertiary alicyclic amines) is 1. The van der Waals surface area contributed by atoms with Gasteiger partial charge in [0, 0.05) is 26.2 Å². The number of likely N-dealkylation sites (N-methyl/N-ethyl adjacent to an activating group) is 1. The summed E-state index contributed by atoms with van der Waals surface area (Å²) in [6, 6.07) is 2.91. The summed E-state index contributed by atoms with van der Waals surface area (Å²) >= 11 is 0. The summed E-state index contributed by atoms with van der Waals surface area (Å²) in [7, 11) is 2.82. The maximum Gasteiger partial charge on any atom is 0.416 e. The van der Waals surface area contributed by atoms with E-state index in [1.807, 2.05) is 0 Å². The molecule has 1 atom stereocenters. The Labute approximate surface area is 233 Å². The molecule has 2 saturated heterocycles. The van der Waals surface area contributed by atoms with Gasteiger partial charge in [-0.25, -0.2) is 14.2 Å². The van der Waals surface area contributed by atoms with E-state index in [0.717, 1.165) is 4.90 Å². The molecule has 2 fully saturated rings. The molecule has 5 amide bonds. The second kappa shape index (κ2) is 11.0. The average Bonchev–Trinajstić information content (AvgIpc) is 3.11. The van der Waals surface area contributed by atoms with Crippen LogP contribution in [-0.2, 0) is 15.8 Å². The van der Waals surface area contributed by atoms with Gasteiger partial charge in [0.15, 0.2) is 0 Å². The van der Waals surface area contributed by atoms with Crippen LogP contribution in [0.1, 0.15) is 42.6 Å². The highest BCUT2D eigenvalue weighted by molar-refractivity contribution is 6.16. The first-order valence-electron chi connectivity index (χ1n) is 12.8. The van der Waals surface area contributed by atoms with Gasteiger partial charge in [0.2, 0.25) is 11.8 Å². The van der Waals surface area contributed by atoms with Crippen LogP contribution in [0.4, 0.5) is 28.0 Å². The number of urea groups is 1. The SMILES string of the molecule is COc1ccc(N2C(=O)N(C)C(=O)C23CCN(C(=O)[C@H](NC(=O)c2cc(C(F)(F)F)ccc2F)C(C)C)CC3)cn1. The van der Waals surface area contributed by atoms with E-state index in [4.69, 9.17) is 4.74 Å². The monoisotopic (exact) mass is 579 g/mol. The van der Waals surface area contributed by atoms with Crippen molar-refractivity contribution in [2.24, 2.45) is 5.92 Å². The molecular weight excluding hydrogens is 550 g/mol. The predicted molar refractivity (Wildman–Crippen MR) is 137 cm³/mol. The number of aromatic nitrogens is 1. The summed E-state index contributed by atoms with van der Waals surface area (Å²) in [5.41, 5.74) is -2.92. The number of amides is 5. The molecule has 2 aliphatic heterocycles. The van der Waals surface area contributed by atoms with E-state index in [0.29, 0.717) is 29.8 Å². The topological polar surface area (TPSA) is 112 Å². The van der Waals surface area contributed by atoms with Crippen LogP contribution in [0.25, 0.3) is 0 Å². The third-order valence-corrected chi connectivity index (χ3v) is 7.46. The van der Waals surface area contributed by atoms with Gasteiger partial charge in [-0.3, -0.25) is 24.2 Å². The number of nitrogens with one attached hydrogen (secondary N) is 1. The second-order valence-corrected chi connectivity index (χ2v) is 10.3. The number of alkyl halides is 3. The van der Waals surface area contributed by atoms with E-state index in [2.05, 4.69) is 10.3 Å². The van der Waals surface area contributed by atoms with Gasteiger partial charge in [-0.2, -0.15) is 13.2 Å². The highest BCUT2D eigenvalue weighted by Crippen LogP contribution is 2.40. The van der Waals surface area contributed by atoms with Crippen molar-refractivity contribution in [3.8, 4) is 5.88 Å². The third-order valence-electron chi connectivity index (χ3n) is 7.46. The van der Waals surface area contributed by atoms with Crippen molar-refractivity contribution in [2.75, 3.05) is 32.1 Å². The number of anilines is 1. The van der Waals surface area contributed by atoms with Crippen LogP contribution in [0.3, 0.4) is 0 Å². The zero-order chi connectivity index (χ0) is 30.3. The zero-order valence-corrected chi connectivity index (χ0v) is 22.8. The molecule has 41 heavy (non-hydrogen) atoms. The Morgan fingerprint density at radius 1 is 1.10 bits per heavy atom. The van der Waals surface area contributed by atoms with Crippen molar-refractivity contribution >= 4 is 29.4 Å². The molecule has 2 aromatic rings. The number of benzene rings is 1. The quantitative estimate of drug-likeness (QED) is 0.415. The van der Waals surface area contributed by atoms with Crippen LogP contribution < -0.4 is 15.0 Å². The van der Waals surface area contributed by atoms with Crippen LogP contribution in [0.2, 0.25) is 0 Å². The van der Waals surface area contributed by atoms with Crippen molar-refractivity contribution in [3.05, 3.63) is 53.5 Å². The normalized spacial score (nSPS) is 17.8. The van der Waals surface area contributed by atoms with E-state index in [9.17, 15) is 36.7 Å². The maximum absolute atomic E-state index is 14.3. The number of hydrogen-bond acceptors (Lipinski definition) is 6. The molecule has 14 heteroatoms. The van der Waals surface area contributed by atoms with Crippen molar-refractivity contribution in [3.63, 3.8) is 0 Å². The minimum atomic E-state index is -4.79. The van der Waals surface area contributed by atoms with Crippen molar-refractivity contribution in [1.29, 1.82) is 0 Å². The fourth-order valence-corrected chi connectivity index (χ4v) is 5.15. The number of carbonyl (C=O) groups excluding carboxylic acids is 4. The molecule has 3 heterocycles. The van der Waals surface area contributed by atoms with E-state index in [1.165, 1.54) is 30.2 Å². The molecule has 0 saturated carbocycles. The first-order chi connectivity index (χ1) is 19.2. The lowest BCUT2D eigenvalue weighted by Crippen LogP contribution is -2.60. The van der Waals surface area contributed by atoms with Gasteiger partial charge in [0.25, 0.3) is 11.8 Å². The van der Waals surface area contributed by atoms with Crippen LogP contribution in [0, 0.1) is 11.7 Å². The van der Waals surface area contributed by atoms with Crippen LogP contribution >= 0.6 is 0 Å². The Morgan fingerprint density at radius 2 is 1.76 bits per heavy atom. The minimum absolute atomic E-state index is 0.0444. The van der Waals surface area contributed by atoms with Gasteiger partial charge in [-0.15, -0.1) is 0 Å². The van der Waals surface area contributed by atoms with E-state index >= 15 is 0 Å². The molecular formula is C27H29F4N5O5. The third kappa shape index (κ3) is 5.42. The van der Waals surface area contributed by atoms with Gasteiger partial charge in [-0.1, -0.05) is 13.8 Å². The zero-order valence-electron chi connectivity index (χ0n) is 22.8. The molecule has 1 spiro atoms. The summed E-state index contributed by atoms with van der Waals surface area (Å²) in [4.78, 5) is 60.6. The fraction of sp³-hybridized carbons (Fsp3) is 0.444. The molecule has 2 aliphatic rings. The van der Waals surface area contributed by atoms with Crippen LogP contribution in [-0.4, -0.2) is 77.4 Å². The molecule has 4 rings (SSSR count). The number of carbonyl (C=O) groups is 4. The smallest absolute Gasteiger partial charge is 0.416 e. The number of pyridine rings is 1. The first kappa shape index (κ1) is 29.7. The summed E-state index contributed by atoms with van der Waals surface area (Å²) in [5.74, 6) is -3.48. The number of imide groups is 1. The van der Waals surface area contributed by atoms with Gasteiger partial charge in [-0.05, 0) is 43.0 Å². The first-order valence-corrected chi connectivity index (χ1v) is 12.8. The minimum Gasteiger partial charge on any atom is -0.481 e. The van der Waals surface area contributed by atoms with Crippen molar-refractivity contribution in [2.45, 2.75) is 44.4 Å². The van der Waals surface area contributed by atoms with E-state index in [1.54, 1.807) is 26.0 Å². The molecule has 220 valence electrons. The lowest BCUT2D eigenvalue weighted by Gasteiger charge is -2.43. The number of nitrogens with zero attached hydrogens (tertiary/aromatic N) is 4. The number of rotatable bonds is 6. The van der Waals surface area contributed by atoms with Gasteiger partial charge >= 0.3 is 12.2 Å². The Morgan fingerprint density at radius 3 is 2.29 bits per heavy atom. The molecule has 1 N–H and O–H groups in total. The molecule has 1 aromatic heterocycles. The molecule has 0 aliphatic carbocycles. The van der Waals surface area contributed by atoms with E-state index in [-0.39, 0.29) is 25.9 Å². The Balaban J connectivity index is 1.53. The summed E-state index contributed by atoms with van der Waals surface area (Å²) in [6.45, 7) is 3.35. The lowest BCUT2D eigenvalue weighted by atomic mass is 9.85. The van der Waals surface area contributed by atoms with Crippen LogP contribution in [0.5, 0.6) is 5.88 Å². The summed E-state index contributed by atoms with van der Waals surface area (Å²) in [5, 5.41) is 2.38. The number of ether oxygens (including phenoxy) is 1.